The third-order valence-corrected chi connectivity index (χ3v) is 4.88. The number of hydrogen-bond acceptors (Lipinski definition) is 5. The van der Waals surface area contributed by atoms with Gasteiger partial charge in [0.05, 0.1) is 18.6 Å². The number of carbonyl (C=O) groups excluding carboxylic acids is 1. The molecule has 1 atom stereocenters. The average molecular weight is 289 g/mol. The molecule has 3 rings (SSSR count). The number of hydrogen-bond donors (Lipinski definition) is 1. The topological polar surface area (TPSA) is 63.1 Å². The summed E-state index contributed by atoms with van der Waals surface area (Å²) < 4.78 is 5.50. The Hall–Kier alpha value is -1.49. The summed E-state index contributed by atoms with van der Waals surface area (Å²) in [4.78, 5) is 12.8. The number of ether oxygens (including phenoxy) is 1. The van der Waals surface area contributed by atoms with Crippen LogP contribution in [0.25, 0.3) is 0 Å². The summed E-state index contributed by atoms with van der Waals surface area (Å²) in [5, 5.41) is 11.8. The standard InChI is InChI=1S/C16H23N3O2/c1-5-16(9-21-4)10-8-17-19-14(10)18-11-6-15(2,3)7-12(20)13(11)16/h18H,5-9H2,1-4H3. The number of allylic oxidation sites excluding steroid dienone is 1. The normalized spacial score (nSPS) is 30.4. The lowest BCUT2D eigenvalue weighted by Crippen LogP contribution is -2.45. The van der Waals surface area contributed by atoms with Gasteiger partial charge in [-0.1, -0.05) is 20.8 Å². The zero-order chi connectivity index (χ0) is 15.3. The molecule has 0 aromatic carbocycles. The summed E-state index contributed by atoms with van der Waals surface area (Å²) in [6.45, 7) is 7.47. The molecule has 0 saturated carbocycles. The number of methoxy groups -OCH3 is 1. The molecule has 21 heavy (non-hydrogen) atoms. The fraction of sp³-hybridized carbons (Fsp3) is 0.688. The first-order chi connectivity index (χ1) is 9.93. The van der Waals surface area contributed by atoms with Gasteiger partial charge in [0, 0.05) is 30.4 Å². The lowest BCUT2D eigenvalue weighted by molar-refractivity contribution is -0.119. The Morgan fingerprint density at radius 2 is 2.10 bits per heavy atom. The Balaban J connectivity index is 2.15. The minimum atomic E-state index is -0.359. The minimum Gasteiger partial charge on any atom is -0.383 e. The molecule has 0 radical (unpaired) electrons. The Labute approximate surface area is 125 Å². The number of ketones is 1. The van der Waals surface area contributed by atoms with Crippen LogP contribution in [-0.4, -0.2) is 26.0 Å². The van der Waals surface area contributed by atoms with E-state index in [2.05, 4.69) is 36.3 Å². The molecule has 2 aliphatic heterocycles. The lowest BCUT2D eigenvalue weighted by Gasteiger charge is -2.44. The van der Waals surface area contributed by atoms with Gasteiger partial charge < -0.3 is 10.1 Å². The number of dihydropyridines is 1. The molecule has 5 nitrogen and oxygen atoms in total. The van der Waals surface area contributed by atoms with Gasteiger partial charge in [-0.05, 0) is 18.3 Å². The highest BCUT2D eigenvalue weighted by molar-refractivity contribution is 6.00. The lowest BCUT2D eigenvalue weighted by atomic mass is 9.62. The van der Waals surface area contributed by atoms with Gasteiger partial charge in [-0.2, -0.15) is 5.11 Å². The third-order valence-electron chi connectivity index (χ3n) is 4.88. The van der Waals surface area contributed by atoms with Crippen molar-refractivity contribution in [2.75, 3.05) is 20.3 Å². The van der Waals surface area contributed by atoms with E-state index in [1.54, 1.807) is 7.11 Å². The van der Waals surface area contributed by atoms with E-state index in [0.717, 1.165) is 35.5 Å². The minimum absolute atomic E-state index is 0.0106. The molecule has 5 heteroatoms. The third kappa shape index (κ3) is 2.06. The number of Topliss-reactive ketones (excluding diaryl/α,β-unsaturated/α-hetero) is 1. The van der Waals surface area contributed by atoms with Crippen LogP contribution < -0.4 is 5.32 Å². The molecule has 1 N–H and O–H groups in total. The summed E-state index contributed by atoms with van der Waals surface area (Å²) in [5.74, 6) is 1.07. The van der Waals surface area contributed by atoms with E-state index in [-0.39, 0.29) is 16.6 Å². The smallest absolute Gasteiger partial charge is 0.162 e. The van der Waals surface area contributed by atoms with Crippen molar-refractivity contribution in [3.8, 4) is 0 Å². The maximum absolute atomic E-state index is 12.8. The van der Waals surface area contributed by atoms with Crippen molar-refractivity contribution >= 4 is 5.78 Å². The van der Waals surface area contributed by atoms with Gasteiger partial charge in [0.25, 0.3) is 0 Å². The second-order valence-electron chi connectivity index (χ2n) is 7.01. The summed E-state index contributed by atoms with van der Waals surface area (Å²) >= 11 is 0. The molecule has 0 bridgehead atoms. The summed E-state index contributed by atoms with van der Waals surface area (Å²) in [6.07, 6.45) is 2.29. The summed E-state index contributed by atoms with van der Waals surface area (Å²) in [6, 6.07) is 0. The Bertz CT molecular complexity index is 586. The van der Waals surface area contributed by atoms with Crippen molar-refractivity contribution in [3.63, 3.8) is 0 Å². The predicted octanol–water partition coefficient (Wildman–Crippen LogP) is 2.95. The van der Waals surface area contributed by atoms with Gasteiger partial charge in [-0.15, -0.1) is 5.11 Å². The van der Waals surface area contributed by atoms with Gasteiger partial charge >= 0.3 is 0 Å². The largest absolute Gasteiger partial charge is 0.383 e. The van der Waals surface area contributed by atoms with E-state index < -0.39 is 0 Å². The highest BCUT2D eigenvalue weighted by Gasteiger charge is 2.50. The maximum atomic E-state index is 12.8. The molecule has 3 aliphatic rings. The van der Waals surface area contributed by atoms with Crippen LogP contribution in [0.15, 0.2) is 32.9 Å². The molecule has 0 amide bonds. The Morgan fingerprint density at radius 1 is 1.33 bits per heavy atom. The van der Waals surface area contributed by atoms with E-state index in [1.165, 1.54) is 0 Å². The van der Waals surface area contributed by atoms with Crippen LogP contribution in [0.5, 0.6) is 0 Å². The van der Waals surface area contributed by atoms with Crippen molar-refractivity contribution in [1.82, 2.24) is 5.32 Å². The second-order valence-corrected chi connectivity index (χ2v) is 7.01. The molecular formula is C16H23N3O2. The molecule has 0 spiro atoms. The fourth-order valence-corrected chi connectivity index (χ4v) is 3.97. The molecular weight excluding hydrogens is 266 g/mol. The van der Waals surface area contributed by atoms with Gasteiger partial charge in [-0.3, -0.25) is 4.79 Å². The fourth-order valence-electron chi connectivity index (χ4n) is 3.97. The average Bonchev–Trinajstić information content (AvgIpc) is 2.85. The van der Waals surface area contributed by atoms with Crippen molar-refractivity contribution in [1.29, 1.82) is 0 Å². The molecule has 0 fully saturated rings. The summed E-state index contributed by atoms with van der Waals surface area (Å²) in [7, 11) is 1.69. The first-order valence-corrected chi connectivity index (χ1v) is 7.57. The maximum Gasteiger partial charge on any atom is 0.162 e. The molecule has 114 valence electrons. The highest BCUT2D eigenvalue weighted by atomic mass is 16.5. The molecule has 0 aromatic rings. The zero-order valence-corrected chi connectivity index (χ0v) is 13.2. The zero-order valence-electron chi connectivity index (χ0n) is 13.2. The number of azo groups is 1. The molecule has 0 aromatic heterocycles. The molecule has 0 saturated heterocycles. The van der Waals surface area contributed by atoms with E-state index in [0.29, 0.717) is 19.6 Å². The van der Waals surface area contributed by atoms with Crippen molar-refractivity contribution in [3.05, 3.63) is 22.7 Å². The van der Waals surface area contributed by atoms with E-state index in [9.17, 15) is 4.79 Å². The van der Waals surface area contributed by atoms with Crippen LogP contribution in [0.1, 0.15) is 40.0 Å². The van der Waals surface area contributed by atoms with Crippen LogP contribution in [0.3, 0.4) is 0 Å². The number of carbonyl (C=O) groups is 1. The van der Waals surface area contributed by atoms with Gasteiger partial charge in [0.2, 0.25) is 0 Å². The van der Waals surface area contributed by atoms with Gasteiger partial charge in [-0.25, -0.2) is 0 Å². The van der Waals surface area contributed by atoms with Crippen LogP contribution in [0.4, 0.5) is 0 Å². The first-order valence-electron chi connectivity index (χ1n) is 7.57. The van der Waals surface area contributed by atoms with Gasteiger partial charge in [0.15, 0.2) is 11.6 Å². The molecule has 2 heterocycles. The quantitative estimate of drug-likeness (QED) is 0.868. The number of rotatable bonds is 3. The number of nitrogens with one attached hydrogen (secondary N) is 1. The monoisotopic (exact) mass is 289 g/mol. The number of nitrogens with zero attached hydrogens (tertiary/aromatic N) is 2. The van der Waals surface area contributed by atoms with Crippen LogP contribution >= 0.6 is 0 Å². The van der Waals surface area contributed by atoms with Crippen molar-refractivity contribution < 1.29 is 9.53 Å². The van der Waals surface area contributed by atoms with Crippen molar-refractivity contribution in [2.45, 2.75) is 40.0 Å². The molecule has 1 aliphatic carbocycles. The van der Waals surface area contributed by atoms with E-state index >= 15 is 0 Å². The first kappa shape index (κ1) is 14.4. The Kier molecular flexibility index (Phi) is 3.28. The predicted molar refractivity (Wildman–Crippen MR) is 79.5 cm³/mol. The van der Waals surface area contributed by atoms with Crippen molar-refractivity contribution in [2.24, 2.45) is 21.1 Å². The second kappa shape index (κ2) is 4.77. The Morgan fingerprint density at radius 3 is 2.76 bits per heavy atom. The SMILES string of the molecule is CCC1(COC)C2=C(N=NC2)NC2=C1C(=O)CC(C)(C)C2. The van der Waals surface area contributed by atoms with Gasteiger partial charge in [0.1, 0.15) is 0 Å². The highest BCUT2D eigenvalue weighted by Crippen LogP contribution is 2.51. The van der Waals surface area contributed by atoms with Crippen LogP contribution in [-0.2, 0) is 9.53 Å². The molecule has 1 unspecified atom stereocenters. The van der Waals surface area contributed by atoms with E-state index in [4.69, 9.17) is 4.74 Å². The van der Waals surface area contributed by atoms with Crippen LogP contribution in [0.2, 0.25) is 0 Å². The van der Waals surface area contributed by atoms with Crippen LogP contribution in [0, 0.1) is 10.8 Å². The van der Waals surface area contributed by atoms with E-state index in [1.807, 2.05) is 0 Å². The summed E-state index contributed by atoms with van der Waals surface area (Å²) in [5.41, 5.74) is 2.68.